The fourth-order valence-corrected chi connectivity index (χ4v) is 3.48. The van der Waals surface area contributed by atoms with E-state index in [-0.39, 0.29) is 0 Å². The molecule has 8 nitrogen and oxygen atoms in total. The first-order chi connectivity index (χ1) is 15.7. The number of ether oxygens (including phenoxy) is 4. The van der Waals surface area contributed by atoms with E-state index in [9.17, 15) is 0 Å². The van der Waals surface area contributed by atoms with Crippen molar-refractivity contribution in [2.45, 2.75) is 13.1 Å². The number of methoxy groups -OCH3 is 2. The van der Waals surface area contributed by atoms with Gasteiger partial charge in [0, 0.05) is 57.0 Å². The van der Waals surface area contributed by atoms with Gasteiger partial charge in [0.25, 0.3) is 0 Å². The third kappa shape index (κ3) is 7.03. The largest absolute Gasteiger partial charge is 0.497 e. The highest BCUT2D eigenvalue weighted by molar-refractivity contribution is 5.79. The van der Waals surface area contributed by atoms with E-state index >= 15 is 0 Å². The van der Waals surface area contributed by atoms with Crippen molar-refractivity contribution in [3.05, 3.63) is 53.6 Å². The zero-order valence-electron chi connectivity index (χ0n) is 19.2. The number of hydrogen-bond donors (Lipinski definition) is 2. The van der Waals surface area contributed by atoms with Crippen LogP contribution < -0.4 is 24.8 Å². The topological polar surface area (TPSA) is 76.6 Å². The number of morpholine rings is 1. The normalized spacial score (nSPS) is 14.7. The summed E-state index contributed by atoms with van der Waals surface area (Å²) >= 11 is 0. The van der Waals surface area contributed by atoms with E-state index in [1.807, 2.05) is 36.4 Å². The summed E-state index contributed by atoms with van der Waals surface area (Å²) in [5.74, 6) is 3.12. The second-order valence-electron chi connectivity index (χ2n) is 7.37. The van der Waals surface area contributed by atoms with Gasteiger partial charge >= 0.3 is 0 Å². The molecule has 1 saturated heterocycles. The van der Waals surface area contributed by atoms with Crippen LogP contribution in [0.1, 0.15) is 11.1 Å². The molecule has 0 unspecified atom stereocenters. The molecular weight excluding hydrogens is 408 g/mol. The average Bonchev–Trinajstić information content (AvgIpc) is 2.85. The molecule has 8 heteroatoms. The van der Waals surface area contributed by atoms with E-state index in [2.05, 4.69) is 26.6 Å². The molecule has 0 bridgehead atoms. The predicted molar refractivity (Wildman–Crippen MR) is 126 cm³/mol. The molecule has 0 amide bonds. The van der Waals surface area contributed by atoms with E-state index in [4.69, 9.17) is 18.9 Å². The molecule has 2 aromatic carbocycles. The Balaban J connectivity index is 1.50. The lowest BCUT2D eigenvalue weighted by atomic mass is 10.2. The van der Waals surface area contributed by atoms with Crippen molar-refractivity contribution in [3.8, 4) is 17.2 Å². The van der Waals surface area contributed by atoms with Gasteiger partial charge in [-0.05, 0) is 18.2 Å². The fraction of sp³-hybridized carbons (Fsp3) is 0.458. The molecule has 1 heterocycles. The summed E-state index contributed by atoms with van der Waals surface area (Å²) in [4.78, 5) is 6.69. The summed E-state index contributed by atoms with van der Waals surface area (Å²) in [5, 5.41) is 6.70. The summed E-state index contributed by atoms with van der Waals surface area (Å²) in [6, 6.07) is 13.9. The van der Waals surface area contributed by atoms with Crippen LogP contribution in [-0.4, -0.2) is 71.6 Å². The van der Waals surface area contributed by atoms with Crippen LogP contribution >= 0.6 is 0 Å². The van der Waals surface area contributed by atoms with Gasteiger partial charge in [0.05, 0.1) is 27.4 Å². The molecule has 0 aliphatic carbocycles. The Morgan fingerprint density at radius 1 is 0.969 bits per heavy atom. The third-order valence-electron chi connectivity index (χ3n) is 5.35. The van der Waals surface area contributed by atoms with Gasteiger partial charge in [0.15, 0.2) is 5.96 Å². The molecule has 1 fully saturated rings. The second-order valence-corrected chi connectivity index (χ2v) is 7.37. The first-order valence-corrected chi connectivity index (χ1v) is 10.9. The smallest absolute Gasteiger partial charge is 0.191 e. The number of hydrogen-bond acceptors (Lipinski definition) is 6. The Morgan fingerprint density at radius 2 is 1.69 bits per heavy atom. The first-order valence-electron chi connectivity index (χ1n) is 10.9. The van der Waals surface area contributed by atoms with Gasteiger partial charge in [0.2, 0.25) is 0 Å². The number of aliphatic imine (C=N–C) groups is 1. The van der Waals surface area contributed by atoms with E-state index in [0.29, 0.717) is 25.7 Å². The monoisotopic (exact) mass is 442 g/mol. The number of para-hydroxylation sites is 1. The highest BCUT2D eigenvalue weighted by Gasteiger charge is 2.11. The SMILES string of the molecule is CN=C(NCc1ccc(OC)cc1OC)NCc1ccccc1OCCN1CCOCC1. The zero-order chi connectivity index (χ0) is 22.6. The molecule has 3 rings (SSSR count). The van der Waals surface area contributed by atoms with E-state index in [0.717, 1.165) is 61.2 Å². The number of guanidine groups is 1. The number of nitrogens with zero attached hydrogens (tertiary/aromatic N) is 2. The van der Waals surface area contributed by atoms with Gasteiger partial charge in [-0.25, -0.2) is 0 Å². The van der Waals surface area contributed by atoms with Crippen molar-refractivity contribution in [1.29, 1.82) is 0 Å². The molecule has 1 aliphatic heterocycles. The van der Waals surface area contributed by atoms with Crippen LogP contribution in [-0.2, 0) is 17.8 Å². The minimum absolute atomic E-state index is 0.574. The highest BCUT2D eigenvalue weighted by Crippen LogP contribution is 2.24. The van der Waals surface area contributed by atoms with Crippen LogP contribution in [0.2, 0.25) is 0 Å². The fourth-order valence-electron chi connectivity index (χ4n) is 3.48. The van der Waals surface area contributed by atoms with Gasteiger partial charge in [-0.15, -0.1) is 0 Å². The van der Waals surface area contributed by atoms with Gasteiger partial charge < -0.3 is 29.6 Å². The quantitative estimate of drug-likeness (QED) is 0.432. The molecule has 0 spiro atoms. The molecular formula is C24H34N4O4. The molecule has 0 saturated carbocycles. The van der Waals surface area contributed by atoms with Crippen LogP contribution in [0.15, 0.2) is 47.5 Å². The standard InChI is InChI=1S/C24H34N4O4/c1-25-24(27-18-20-8-9-21(29-2)16-23(20)30-3)26-17-19-6-4-5-7-22(19)32-15-12-28-10-13-31-14-11-28/h4-9,16H,10-15,17-18H2,1-3H3,(H2,25,26,27). The Morgan fingerprint density at radius 3 is 2.38 bits per heavy atom. The minimum Gasteiger partial charge on any atom is -0.497 e. The summed E-state index contributed by atoms with van der Waals surface area (Å²) in [5.41, 5.74) is 2.10. The van der Waals surface area contributed by atoms with Crippen LogP contribution in [0.25, 0.3) is 0 Å². The highest BCUT2D eigenvalue weighted by atomic mass is 16.5. The third-order valence-corrected chi connectivity index (χ3v) is 5.35. The van der Waals surface area contributed by atoms with Crippen LogP contribution in [0, 0.1) is 0 Å². The van der Waals surface area contributed by atoms with Gasteiger partial charge in [-0.1, -0.05) is 18.2 Å². The van der Waals surface area contributed by atoms with E-state index < -0.39 is 0 Å². The summed E-state index contributed by atoms with van der Waals surface area (Å²) in [7, 11) is 5.05. The van der Waals surface area contributed by atoms with Crippen molar-refractivity contribution >= 4 is 5.96 Å². The minimum atomic E-state index is 0.574. The van der Waals surface area contributed by atoms with Crippen LogP contribution in [0.4, 0.5) is 0 Å². The maximum atomic E-state index is 6.08. The predicted octanol–water partition coefficient (Wildman–Crippen LogP) is 2.28. The van der Waals surface area contributed by atoms with Crippen molar-refractivity contribution in [3.63, 3.8) is 0 Å². The number of benzene rings is 2. The molecule has 1 aliphatic rings. The van der Waals surface area contributed by atoms with Gasteiger partial charge in [-0.2, -0.15) is 0 Å². The lowest BCUT2D eigenvalue weighted by Gasteiger charge is -2.26. The summed E-state index contributed by atoms with van der Waals surface area (Å²) in [6.45, 7) is 6.27. The Labute approximate surface area is 190 Å². The summed E-state index contributed by atoms with van der Waals surface area (Å²) < 4.78 is 22.2. The molecule has 2 aromatic rings. The average molecular weight is 443 g/mol. The van der Waals surface area contributed by atoms with Crippen LogP contribution in [0.3, 0.4) is 0 Å². The lowest BCUT2D eigenvalue weighted by Crippen LogP contribution is -2.38. The maximum absolute atomic E-state index is 6.08. The van der Waals surface area contributed by atoms with Crippen LogP contribution in [0.5, 0.6) is 17.2 Å². The van der Waals surface area contributed by atoms with E-state index in [1.165, 1.54) is 0 Å². The van der Waals surface area contributed by atoms with Crippen molar-refractivity contribution in [2.24, 2.45) is 4.99 Å². The molecule has 0 radical (unpaired) electrons. The summed E-state index contributed by atoms with van der Waals surface area (Å²) in [6.07, 6.45) is 0. The Kier molecular flexibility index (Phi) is 9.46. The zero-order valence-corrected chi connectivity index (χ0v) is 19.2. The van der Waals surface area contributed by atoms with Crippen molar-refractivity contribution in [2.75, 3.05) is 60.7 Å². The van der Waals surface area contributed by atoms with Crippen molar-refractivity contribution in [1.82, 2.24) is 15.5 Å². The van der Waals surface area contributed by atoms with Gasteiger partial charge in [-0.3, -0.25) is 9.89 Å². The second kappa shape index (κ2) is 12.8. The maximum Gasteiger partial charge on any atom is 0.191 e. The Bertz CT molecular complexity index is 869. The Hall–Kier alpha value is -2.97. The number of rotatable bonds is 10. The molecule has 2 N–H and O–H groups in total. The number of nitrogens with one attached hydrogen (secondary N) is 2. The van der Waals surface area contributed by atoms with Gasteiger partial charge in [0.1, 0.15) is 23.9 Å². The molecule has 32 heavy (non-hydrogen) atoms. The molecule has 0 aromatic heterocycles. The molecule has 174 valence electrons. The first kappa shape index (κ1) is 23.7. The van der Waals surface area contributed by atoms with Crippen molar-refractivity contribution < 1.29 is 18.9 Å². The lowest BCUT2D eigenvalue weighted by molar-refractivity contribution is 0.0322. The molecule has 0 atom stereocenters. The van der Waals surface area contributed by atoms with E-state index in [1.54, 1.807) is 21.3 Å².